The minimum Gasteiger partial charge on any atom is -0.366 e. The van der Waals surface area contributed by atoms with Gasteiger partial charge < -0.3 is 5.73 Å². The molecule has 0 aliphatic carbocycles. The number of amides is 1. The molecule has 0 saturated carbocycles. The Labute approximate surface area is 131 Å². The number of nitrogens with one attached hydrogen (secondary N) is 1. The molecule has 5 nitrogen and oxygen atoms in total. The van der Waals surface area contributed by atoms with Crippen molar-refractivity contribution in [2.24, 2.45) is 5.73 Å². The van der Waals surface area contributed by atoms with Crippen LogP contribution in [-0.4, -0.2) is 14.3 Å². The minimum atomic E-state index is -3.72. The number of halogens is 1. The molecule has 110 valence electrons. The van der Waals surface area contributed by atoms with Gasteiger partial charge in [0.1, 0.15) is 0 Å². The molecule has 2 rings (SSSR count). The van der Waals surface area contributed by atoms with Gasteiger partial charge in [0.05, 0.1) is 10.6 Å². The predicted molar refractivity (Wildman–Crippen MR) is 84.6 cm³/mol. The molecule has 0 bridgehead atoms. The lowest BCUT2D eigenvalue weighted by Crippen LogP contribution is -2.15. The Bertz CT molecular complexity index is 786. The monoisotopic (exact) mass is 368 g/mol. The van der Waals surface area contributed by atoms with Crippen LogP contribution in [0, 0.1) is 6.92 Å². The summed E-state index contributed by atoms with van der Waals surface area (Å²) in [5.41, 5.74) is 6.83. The number of benzene rings is 2. The highest BCUT2D eigenvalue weighted by atomic mass is 79.9. The molecular formula is C14H13BrN2O3S. The number of carbonyl (C=O) groups excluding carboxylic acids is 1. The Morgan fingerprint density at radius 3 is 2.29 bits per heavy atom. The van der Waals surface area contributed by atoms with E-state index in [1.807, 2.05) is 13.0 Å². The highest BCUT2D eigenvalue weighted by Crippen LogP contribution is 2.26. The van der Waals surface area contributed by atoms with Gasteiger partial charge in [-0.05, 0) is 64.8 Å². The SMILES string of the molecule is Cc1ccc(NS(=O)(=O)c2ccc(C(N)=O)cc2)c(Br)c1. The van der Waals surface area contributed by atoms with Crippen LogP contribution in [0.3, 0.4) is 0 Å². The zero-order chi connectivity index (χ0) is 15.6. The van der Waals surface area contributed by atoms with Crippen molar-refractivity contribution in [1.82, 2.24) is 0 Å². The van der Waals surface area contributed by atoms with Crippen LogP contribution in [0.5, 0.6) is 0 Å². The van der Waals surface area contributed by atoms with E-state index in [4.69, 9.17) is 5.73 Å². The molecule has 0 heterocycles. The number of anilines is 1. The summed E-state index contributed by atoms with van der Waals surface area (Å²) in [5, 5.41) is 0. The summed E-state index contributed by atoms with van der Waals surface area (Å²) in [6.07, 6.45) is 0. The first-order chi connectivity index (χ1) is 9.79. The van der Waals surface area contributed by atoms with Gasteiger partial charge >= 0.3 is 0 Å². The van der Waals surface area contributed by atoms with Crippen LogP contribution in [0.25, 0.3) is 0 Å². The third-order valence-electron chi connectivity index (χ3n) is 2.82. The topological polar surface area (TPSA) is 89.3 Å². The third kappa shape index (κ3) is 3.62. The Hall–Kier alpha value is -1.86. The molecule has 0 spiro atoms. The molecule has 7 heteroatoms. The number of sulfonamides is 1. The van der Waals surface area contributed by atoms with Gasteiger partial charge in [0.2, 0.25) is 5.91 Å². The van der Waals surface area contributed by atoms with E-state index in [0.29, 0.717) is 10.2 Å². The third-order valence-corrected chi connectivity index (χ3v) is 4.86. The lowest BCUT2D eigenvalue weighted by molar-refractivity contribution is 0.1000. The molecule has 0 fully saturated rings. The van der Waals surface area contributed by atoms with Gasteiger partial charge in [-0.3, -0.25) is 9.52 Å². The number of rotatable bonds is 4. The Morgan fingerprint density at radius 2 is 1.76 bits per heavy atom. The quantitative estimate of drug-likeness (QED) is 0.868. The molecule has 2 aromatic carbocycles. The largest absolute Gasteiger partial charge is 0.366 e. The molecular weight excluding hydrogens is 356 g/mol. The first-order valence-corrected chi connectivity index (χ1v) is 8.26. The highest BCUT2D eigenvalue weighted by molar-refractivity contribution is 9.10. The zero-order valence-electron chi connectivity index (χ0n) is 11.1. The standard InChI is InChI=1S/C14H13BrN2O3S/c1-9-2-7-13(12(15)8-9)17-21(19,20)11-5-3-10(4-6-11)14(16)18/h2-8,17H,1H3,(H2,16,18). The molecule has 0 atom stereocenters. The second kappa shape index (κ2) is 5.87. The summed E-state index contributed by atoms with van der Waals surface area (Å²) in [5.74, 6) is -0.604. The van der Waals surface area contributed by atoms with Crippen molar-refractivity contribution in [3.05, 3.63) is 58.1 Å². The lowest BCUT2D eigenvalue weighted by atomic mass is 10.2. The molecule has 1 amide bonds. The van der Waals surface area contributed by atoms with Crippen molar-refractivity contribution in [3.8, 4) is 0 Å². The molecule has 2 aromatic rings. The summed E-state index contributed by atoms with van der Waals surface area (Å²) in [7, 11) is -3.72. The van der Waals surface area contributed by atoms with Crippen molar-refractivity contribution in [2.45, 2.75) is 11.8 Å². The first kappa shape index (κ1) is 15.5. The second-order valence-corrected chi connectivity index (χ2v) is 7.01. The smallest absolute Gasteiger partial charge is 0.261 e. The van der Waals surface area contributed by atoms with Gasteiger partial charge in [-0.25, -0.2) is 8.42 Å². The Morgan fingerprint density at radius 1 is 1.14 bits per heavy atom. The highest BCUT2D eigenvalue weighted by Gasteiger charge is 2.16. The van der Waals surface area contributed by atoms with E-state index in [9.17, 15) is 13.2 Å². The molecule has 0 aliphatic rings. The molecule has 0 unspecified atom stereocenters. The van der Waals surface area contributed by atoms with Crippen molar-refractivity contribution < 1.29 is 13.2 Å². The van der Waals surface area contributed by atoms with Crippen LogP contribution in [-0.2, 0) is 10.0 Å². The van der Waals surface area contributed by atoms with E-state index in [1.165, 1.54) is 24.3 Å². The van der Waals surface area contributed by atoms with E-state index in [-0.39, 0.29) is 10.5 Å². The van der Waals surface area contributed by atoms with Gasteiger partial charge in [-0.1, -0.05) is 6.07 Å². The summed E-state index contributed by atoms with van der Waals surface area (Å²) in [6.45, 7) is 1.91. The van der Waals surface area contributed by atoms with Crippen LogP contribution in [0.4, 0.5) is 5.69 Å². The van der Waals surface area contributed by atoms with Gasteiger partial charge in [-0.2, -0.15) is 0 Å². The fourth-order valence-corrected chi connectivity index (χ4v) is 3.51. The van der Waals surface area contributed by atoms with Crippen LogP contribution >= 0.6 is 15.9 Å². The van der Waals surface area contributed by atoms with E-state index in [2.05, 4.69) is 20.7 Å². The number of aryl methyl sites for hydroxylation is 1. The average Bonchev–Trinajstić information content (AvgIpc) is 2.42. The molecule has 0 aromatic heterocycles. The van der Waals surface area contributed by atoms with Crippen molar-refractivity contribution in [3.63, 3.8) is 0 Å². The molecule has 3 N–H and O–H groups in total. The maximum Gasteiger partial charge on any atom is 0.261 e. The second-order valence-electron chi connectivity index (χ2n) is 4.48. The minimum absolute atomic E-state index is 0.0555. The summed E-state index contributed by atoms with van der Waals surface area (Å²) < 4.78 is 27.7. The number of nitrogens with two attached hydrogens (primary N) is 1. The lowest BCUT2D eigenvalue weighted by Gasteiger charge is -2.10. The van der Waals surface area contributed by atoms with Crippen LogP contribution in [0.2, 0.25) is 0 Å². The average molecular weight is 369 g/mol. The number of hydrogen-bond acceptors (Lipinski definition) is 3. The van der Waals surface area contributed by atoms with E-state index >= 15 is 0 Å². The summed E-state index contributed by atoms with van der Waals surface area (Å²) >= 11 is 3.31. The number of carbonyl (C=O) groups is 1. The fraction of sp³-hybridized carbons (Fsp3) is 0.0714. The van der Waals surface area contributed by atoms with Gasteiger partial charge in [-0.15, -0.1) is 0 Å². The Kier molecular flexibility index (Phi) is 4.34. The van der Waals surface area contributed by atoms with E-state index < -0.39 is 15.9 Å². The van der Waals surface area contributed by atoms with Crippen molar-refractivity contribution in [2.75, 3.05) is 4.72 Å². The zero-order valence-corrected chi connectivity index (χ0v) is 13.5. The normalized spacial score (nSPS) is 11.1. The maximum absolute atomic E-state index is 12.3. The summed E-state index contributed by atoms with van der Waals surface area (Å²) in [4.78, 5) is 11.0. The van der Waals surface area contributed by atoms with E-state index in [1.54, 1.807) is 12.1 Å². The van der Waals surface area contributed by atoms with Crippen LogP contribution in [0.15, 0.2) is 51.8 Å². The van der Waals surface area contributed by atoms with Crippen LogP contribution < -0.4 is 10.5 Å². The number of primary amides is 1. The van der Waals surface area contributed by atoms with Crippen molar-refractivity contribution >= 4 is 37.5 Å². The first-order valence-electron chi connectivity index (χ1n) is 5.98. The van der Waals surface area contributed by atoms with Crippen LogP contribution in [0.1, 0.15) is 15.9 Å². The number of hydrogen-bond donors (Lipinski definition) is 2. The maximum atomic E-state index is 12.3. The molecule has 0 saturated heterocycles. The fourth-order valence-electron chi connectivity index (χ4n) is 1.70. The summed E-state index contributed by atoms with van der Waals surface area (Å²) in [6, 6.07) is 10.7. The molecule has 21 heavy (non-hydrogen) atoms. The van der Waals surface area contributed by atoms with Gasteiger partial charge in [0, 0.05) is 10.0 Å². The Balaban J connectivity index is 2.31. The van der Waals surface area contributed by atoms with E-state index in [0.717, 1.165) is 5.56 Å². The van der Waals surface area contributed by atoms with Gasteiger partial charge in [0.25, 0.3) is 10.0 Å². The predicted octanol–water partition coefficient (Wildman–Crippen LogP) is 2.66. The molecule has 0 aliphatic heterocycles. The molecule has 0 radical (unpaired) electrons. The van der Waals surface area contributed by atoms with Gasteiger partial charge in [0.15, 0.2) is 0 Å². The van der Waals surface area contributed by atoms with Crippen molar-refractivity contribution in [1.29, 1.82) is 0 Å².